The monoisotopic (exact) mass is 540 g/mol. The molecule has 0 saturated heterocycles. The van der Waals surface area contributed by atoms with Crippen LogP contribution in [0.25, 0.3) is 10.9 Å². The van der Waals surface area contributed by atoms with Crippen molar-refractivity contribution in [2.45, 2.75) is 66.0 Å². The highest BCUT2D eigenvalue weighted by Gasteiger charge is 2.18. The van der Waals surface area contributed by atoms with Crippen LogP contribution in [0.1, 0.15) is 84.9 Å². The first-order valence-electron chi connectivity index (χ1n) is 14.0. The number of carbonyl (C=O) groups is 2. The van der Waals surface area contributed by atoms with E-state index in [2.05, 4.69) is 61.0 Å². The van der Waals surface area contributed by atoms with E-state index in [0.717, 1.165) is 27.7 Å². The Hall–Kier alpha value is -4.06. The van der Waals surface area contributed by atoms with Gasteiger partial charge in [-0.25, -0.2) is 4.79 Å². The third-order valence-corrected chi connectivity index (χ3v) is 7.55. The van der Waals surface area contributed by atoms with Crippen molar-refractivity contribution < 1.29 is 19.1 Å². The van der Waals surface area contributed by atoms with Crippen LogP contribution in [0, 0.1) is 6.92 Å². The molecule has 4 rings (SSSR count). The highest BCUT2D eigenvalue weighted by Crippen LogP contribution is 2.29. The highest BCUT2D eigenvalue weighted by atomic mass is 16.6. The molecule has 1 unspecified atom stereocenters. The molecule has 0 spiro atoms. The molecule has 0 radical (unpaired) electrons. The number of esters is 1. The van der Waals surface area contributed by atoms with Crippen molar-refractivity contribution in [3.63, 3.8) is 0 Å². The molecule has 210 valence electrons. The molecule has 1 heterocycles. The van der Waals surface area contributed by atoms with E-state index in [-0.39, 0.29) is 17.9 Å². The predicted octanol–water partition coefficient (Wildman–Crippen LogP) is 7.02. The maximum Gasteiger partial charge on any atom is 0.347 e. The lowest BCUT2D eigenvalue weighted by molar-refractivity contribution is -0.150. The molecular weight excluding hydrogens is 500 g/mol. The largest absolute Gasteiger partial charge is 0.479 e. The average molecular weight is 541 g/mol. The summed E-state index contributed by atoms with van der Waals surface area (Å²) in [5.41, 5.74) is 7.41. The molecule has 1 N–H and O–H groups in total. The predicted molar refractivity (Wildman–Crippen MR) is 160 cm³/mol. The summed E-state index contributed by atoms with van der Waals surface area (Å²) < 4.78 is 13.0. The van der Waals surface area contributed by atoms with Crippen LogP contribution in [0.3, 0.4) is 0 Å². The van der Waals surface area contributed by atoms with Gasteiger partial charge >= 0.3 is 5.97 Å². The number of rotatable bonds is 10. The maximum atomic E-state index is 13.2. The summed E-state index contributed by atoms with van der Waals surface area (Å²) >= 11 is 0. The highest BCUT2D eigenvalue weighted by molar-refractivity contribution is 5.99. The van der Waals surface area contributed by atoms with Crippen LogP contribution in [0.15, 0.2) is 66.7 Å². The summed E-state index contributed by atoms with van der Waals surface area (Å²) in [6.45, 7) is 12.2. The zero-order chi connectivity index (χ0) is 29.0. The summed E-state index contributed by atoms with van der Waals surface area (Å²) in [4.78, 5) is 25.2. The molecular formula is C34H40N2O4. The van der Waals surface area contributed by atoms with Crippen molar-refractivity contribution in [3.05, 3.63) is 100 Å². The number of nitrogens with one attached hydrogen (secondary N) is 1. The van der Waals surface area contributed by atoms with Gasteiger partial charge in [0, 0.05) is 29.2 Å². The normalized spacial score (nSPS) is 12.8. The summed E-state index contributed by atoms with van der Waals surface area (Å²) in [5.74, 6) is 0.629. The van der Waals surface area contributed by atoms with Gasteiger partial charge in [-0.2, -0.15) is 0 Å². The Kier molecular flexibility index (Phi) is 8.98. The number of fused-ring (bicyclic) bond motifs is 1. The molecule has 1 amide bonds. The number of hydrogen-bond acceptors (Lipinski definition) is 4. The fraction of sp³-hybridized carbons (Fsp3) is 0.353. The van der Waals surface area contributed by atoms with E-state index in [1.807, 2.05) is 50.4 Å². The fourth-order valence-corrected chi connectivity index (χ4v) is 4.98. The van der Waals surface area contributed by atoms with Crippen LogP contribution in [0.2, 0.25) is 0 Å². The number of amides is 1. The number of hydrogen-bond donors (Lipinski definition) is 1. The maximum absolute atomic E-state index is 13.2. The molecule has 0 aliphatic rings. The first kappa shape index (κ1) is 28.9. The molecule has 40 heavy (non-hydrogen) atoms. The summed E-state index contributed by atoms with van der Waals surface area (Å²) in [6.07, 6.45) is 0.0181. The number of benzene rings is 3. The van der Waals surface area contributed by atoms with Gasteiger partial charge < -0.3 is 19.4 Å². The molecule has 1 aromatic heterocycles. The zero-order valence-electron chi connectivity index (χ0n) is 24.6. The van der Waals surface area contributed by atoms with Crippen molar-refractivity contribution in [1.29, 1.82) is 0 Å². The fourth-order valence-electron chi connectivity index (χ4n) is 4.98. The quantitative estimate of drug-likeness (QED) is 0.219. The molecule has 6 nitrogen and oxygen atoms in total. The minimum atomic E-state index is -0.679. The topological polar surface area (TPSA) is 69.6 Å². The Bertz CT molecular complexity index is 1500. The van der Waals surface area contributed by atoms with Gasteiger partial charge in [0.25, 0.3) is 5.91 Å². The van der Waals surface area contributed by atoms with Crippen molar-refractivity contribution in [3.8, 4) is 5.75 Å². The lowest BCUT2D eigenvalue weighted by Gasteiger charge is -2.16. The van der Waals surface area contributed by atoms with E-state index in [9.17, 15) is 9.59 Å². The molecule has 0 fully saturated rings. The van der Waals surface area contributed by atoms with E-state index in [1.54, 1.807) is 13.8 Å². The third kappa shape index (κ3) is 6.39. The van der Waals surface area contributed by atoms with Gasteiger partial charge in [-0.05, 0) is 86.6 Å². The number of aromatic nitrogens is 1. The Morgan fingerprint density at radius 2 is 1.62 bits per heavy atom. The van der Waals surface area contributed by atoms with E-state index in [4.69, 9.17) is 9.47 Å². The second kappa shape index (κ2) is 12.4. The van der Waals surface area contributed by atoms with Crippen LogP contribution in [-0.4, -0.2) is 29.2 Å². The van der Waals surface area contributed by atoms with Crippen LogP contribution in [0.4, 0.5) is 0 Å². The Morgan fingerprint density at radius 1 is 0.925 bits per heavy atom. The number of ether oxygens (including phenoxy) is 2. The number of aryl methyl sites for hydroxylation is 1. The van der Waals surface area contributed by atoms with Crippen LogP contribution >= 0.6 is 0 Å². The van der Waals surface area contributed by atoms with E-state index in [1.165, 1.54) is 11.1 Å². The van der Waals surface area contributed by atoms with Crippen molar-refractivity contribution in [2.24, 2.45) is 7.05 Å². The zero-order valence-corrected chi connectivity index (χ0v) is 24.6. The molecule has 0 aliphatic carbocycles. The van der Waals surface area contributed by atoms with E-state index >= 15 is 0 Å². The molecule has 6 heteroatoms. The third-order valence-electron chi connectivity index (χ3n) is 7.55. The molecule has 3 aromatic carbocycles. The minimum Gasteiger partial charge on any atom is -0.479 e. The Morgan fingerprint density at radius 3 is 2.30 bits per heavy atom. The minimum absolute atomic E-state index is 0.0942. The first-order chi connectivity index (χ1) is 19.1. The smallest absolute Gasteiger partial charge is 0.347 e. The van der Waals surface area contributed by atoms with Gasteiger partial charge in [-0.1, -0.05) is 56.3 Å². The standard InChI is InChI=1S/C34H40N2O4/c1-8-39-34(38)24(6)40-29-11-9-10-25(18-29)19-31-23(5)36(7)32-20-28(16-17-30(31)32)33(37)35-22(4)27-14-12-26(13-15-27)21(2)3/h9-18,20-22,24H,8,19H2,1-7H3,(H,35,37)/t22-,24?/m0/s1. The summed E-state index contributed by atoms with van der Waals surface area (Å²) in [6, 6.07) is 22.0. The van der Waals surface area contributed by atoms with Gasteiger partial charge in [-0.3, -0.25) is 4.79 Å². The van der Waals surface area contributed by atoms with Crippen LogP contribution < -0.4 is 10.1 Å². The molecule has 0 aliphatic heterocycles. The number of carbonyl (C=O) groups excluding carboxylic acids is 2. The van der Waals surface area contributed by atoms with Crippen molar-refractivity contribution in [1.82, 2.24) is 9.88 Å². The Labute approximate surface area is 237 Å². The molecule has 4 aromatic rings. The number of nitrogens with zero attached hydrogens (tertiary/aromatic N) is 1. The van der Waals surface area contributed by atoms with Gasteiger partial charge in [-0.15, -0.1) is 0 Å². The molecule has 0 saturated carbocycles. The lowest BCUT2D eigenvalue weighted by atomic mass is 9.99. The van der Waals surface area contributed by atoms with Crippen LogP contribution in [-0.2, 0) is 23.0 Å². The SMILES string of the molecule is CCOC(=O)C(C)Oc1cccc(Cc2c(C)n(C)c3cc(C(=O)N[C@@H](C)c4ccc(C(C)C)cc4)ccc23)c1. The second-order valence-electron chi connectivity index (χ2n) is 10.7. The average Bonchev–Trinajstić information content (AvgIpc) is 3.17. The van der Waals surface area contributed by atoms with Gasteiger partial charge in [0.05, 0.1) is 12.6 Å². The summed E-state index contributed by atoms with van der Waals surface area (Å²) in [5, 5.41) is 4.26. The van der Waals surface area contributed by atoms with E-state index in [0.29, 0.717) is 30.3 Å². The first-order valence-corrected chi connectivity index (χ1v) is 14.0. The van der Waals surface area contributed by atoms with Crippen LogP contribution in [0.5, 0.6) is 5.75 Å². The lowest BCUT2D eigenvalue weighted by Crippen LogP contribution is -2.26. The van der Waals surface area contributed by atoms with Gasteiger partial charge in [0.2, 0.25) is 0 Å². The van der Waals surface area contributed by atoms with Crippen molar-refractivity contribution >= 4 is 22.8 Å². The van der Waals surface area contributed by atoms with Gasteiger partial charge in [0.1, 0.15) is 5.75 Å². The second-order valence-corrected chi connectivity index (χ2v) is 10.7. The summed E-state index contributed by atoms with van der Waals surface area (Å²) in [7, 11) is 2.03. The molecule has 2 atom stereocenters. The molecule has 0 bridgehead atoms. The van der Waals surface area contributed by atoms with Gasteiger partial charge in [0.15, 0.2) is 6.10 Å². The Balaban J connectivity index is 1.52. The van der Waals surface area contributed by atoms with Crippen molar-refractivity contribution in [2.75, 3.05) is 6.61 Å². The van der Waals surface area contributed by atoms with E-state index < -0.39 is 6.10 Å².